The summed E-state index contributed by atoms with van der Waals surface area (Å²) < 4.78 is 0.960. The van der Waals surface area contributed by atoms with Crippen molar-refractivity contribution < 1.29 is 4.79 Å². The molecule has 0 radical (unpaired) electrons. The molecule has 0 saturated carbocycles. The molecule has 2 aromatic rings. The molecule has 1 aromatic heterocycles. The minimum absolute atomic E-state index is 0.0800. The van der Waals surface area contributed by atoms with E-state index in [4.69, 9.17) is 5.73 Å². The molecule has 22 heavy (non-hydrogen) atoms. The molecule has 0 aliphatic heterocycles. The first-order valence-corrected chi connectivity index (χ1v) is 9.41. The Labute approximate surface area is 139 Å². The number of thiazole rings is 1. The maximum Gasteiger partial charge on any atom is 0.238 e. The van der Waals surface area contributed by atoms with E-state index in [9.17, 15) is 4.79 Å². The highest BCUT2D eigenvalue weighted by Gasteiger charge is 2.30. The maximum atomic E-state index is 12.0. The number of carbonyl (C=O) groups excluding carboxylic acids is 1. The molecule has 0 aliphatic rings. The standard InChI is InChI=1S/C16H23N3OS2/c1-16(2,21-3)14(17)15(20)18-10-6-9-13-19-11-7-4-5-8-12(11)22-13/h4-5,7-8,14H,6,9-10,17H2,1-3H3,(H,18,20)/t14-/m1/s1. The Morgan fingerprint density at radius 2 is 2.18 bits per heavy atom. The fourth-order valence-corrected chi connectivity index (χ4v) is 3.40. The third-order valence-corrected chi connectivity index (χ3v) is 6.16. The Bertz CT molecular complexity index is 606. The van der Waals surface area contributed by atoms with E-state index in [0.29, 0.717) is 6.54 Å². The van der Waals surface area contributed by atoms with E-state index < -0.39 is 6.04 Å². The molecule has 120 valence electrons. The maximum absolute atomic E-state index is 12.0. The molecule has 2 rings (SSSR count). The monoisotopic (exact) mass is 337 g/mol. The molecular formula is C16H23N3OS2. The van der Waals surface area contributed by atoms with Gasteiger partial charge in [0, 0.05) is 17.7 Å². The highest BCUT2D eigenvalue weighted by Crippen LogP contribution is 2.24. The van der Waals surface area contributed by atoms with Crippen LogP contribution < -0.4 is 11.1 Å². The average molecular weight is 338 g/mol. The van der Waals surface area contributed by atoms with Gasteiger partial charge in [-0.1, -0.05) is 12.1 Å². The van der Waals surface area contributed by atoms with E-state index in [2.05, 4.69) is 16.4 Å². The molecular weight excluding hydrogens is 314 g/mol. The first kappa shape index (κ1) is 17.2. The Kier molecular flexibility index (Phi) is 5.83. The number of hydrogen-bond donors (Lipinski definition) is 2. The SMILES string of the molecule is CSC(C)(C)[C@H](N)C(=O)NCCCc1nc2ccccc2s1. The number of nitrogens with one attached hydrogen (secondary N) is 1. The summed E-state index contributed by atoms with van der Waals surface area (Å²) >= 11 is 3.33. The zero-order valence-corrected chi connectivity index (χ0v) is 14.9. The van der Waals surface area contributed by atoms with Crippen LogP contribution in [0, 0.1) is 0 Å². The van der Waals surface area contributed by atoms with Crippen LogP contribution in [0.1, 0.15) is 25.3 Å². The zero-order chi connectivity index (χ0) is 16.2. The van der Waals surface area contributed by atoms with Gasteiger partial charge in [-0.15, -0.1) is 11.3 Å². The fourth-order valence-electron chi connectivity index (χ4n) is 2.03. The summed E-state index contributed by atoms with van der Waals surface area (Å²) in [4.78, 5) is 16.6. The van der Waals surface area contributed by atoms with Gasteiger partial charge in [0.2, 0.25) is 5.91 Å². The molecule has 0 unspecified atom stereocenters. The van der Waals surface area contributed by atoms with Gasteiger partial charge in [-0.2, -0.15) is 11.8 Å². The van der Waals surface area contributed by atoms with Crippen LogP contribution in [0.5, 0.6) is 0 Å². The number of carbonyl (C=O) groups is 1. The van der Waals surface area contributed by atoms with Crippen LogP contribution in [0.25, 0.3) is 10.2 Å². The van der Waals surface area contributed by atoms with Gasteiger partial charge in [0.25, 0.3) is 0 Å². The quantitative estimate of drug-likeness (QED) is 0.762. The van der Waals surface area contributed by atoms with E-state index in [-0.39, 0.29) is 10.7 Å². The molecule has 0 bridgehead atoms. The van der Waals surface area contributed by atoms with E-state index in [1.807, 2.05) is 38.3 Å². The van der Waals surface area contributed by atoms with Crippen molar-refractivity contribution in [3.63, 3.8) is 0 Å². The Hall–Kier alpha value is -1.11. The number of fused-ring (bicyclic) bond motifs is 1. The summed E-state index contributed by atoms with van der Waals surface area (Å²) in [5.74, 6) is -0.0800. The van der Waals surface area contributed by atoms with E-state index in [0.717, 1.165) is 23.4 Å². The van der Waals surface area contributed by atoms with Crippen molar-refractivity contribution in [2.75, 3.05) is 12.8 Å². The second kappa shape index (κ2) is 7.44. The van der Waals surface area contributed by atoms with Crippen molar-refractivity contribution in [2.24, 2.45) is 5.73 Å². The van der Waals surface area contributed by atoms with Crippen LogP contribution in [-0.4, -0.2) is 34.5 Å². The van der Waals surface area contributed by atoms with Crippen molar-refractivity contribution in [1.82, 2.24) is 10.3 Å². The Balaban J connectivity index is 1.78. The van der Waals surface area contributed by atoms with Crippen molar-refractivity contribution in [3.8, 4) is 0 Å². The lowest BCUT2D eigenvalue weighted by Crippen LogP contribution is -2.52. The Morgan fingerprint density at radius 3 is 2.86 bits per heavy atom. The summed E-state index contributed by atoms with van der Waals surface area (Å²) in [5.41, 5.74) is 7.06. The summed E-state index contributed by atoms with van der Waals surface area (Å²) in [5, 5.41) is 4.04. The van der Waals surface area contributed by atoms with Crippen LogP contribution in [0.3, 0.4) is 0 Å². The normalized spacial score (nSPS) is 13.3. The molecule has 1 heterocycles. The molecule has 6 heteroatoms. The number of rotatable bonds is 7. The smallest absolute Gasteiger partial charge is 0.238 e. The van der Waals surface area contributed by atoms with Crippen molar-refractivity contribution >= 4 is 39.2 Å². The third-order valence-electron chi connectivity index (χ3n) is 3.76. The van der Waals surface area contributed by atoms with Crippen molar-refractivity contribution in [2.45, 2.75) is 37.5 Å². The van der Waals surface area contributed by atoms with Crippen LogP contribution in [0.2, 0.25) is 0 Å². The molecule has 1 atom stereocenters. The molecule has 0 saturated heterocycles. The largest absolute Gasteiger partial charge is 0.355 e. The summed E-state index contributed by atoms with van der Waals surface area (Å²) in [6.45, 7) is 4.61. The zero-order valence-electron chi connectivity index (χ0n) is 13.3. The summed E-state index contributed by atoms with van der Waals surface area (Å²) in [6, 6.07) is 7.65. The number of aryl methyl sites for hydroxylation is 1. The molecule has 4 nitrogen and oxygen atoms in total. The first-order chi connectivity index (χ1) is 10.4. The van der Waals surface area contributed by atoms with Gasteiger partial charge >= 0.3 is 0 Å². The number of thioether (sulfide) groups is 1. The number of benzene rings is 1. The van der Waals surface area contributed by atoms with Gasteiger partial charge in [-0.3, -0.25) is 4.79 Å². The lowest BCUT2D eigenvalue weighted by Gasteiger charge is -2.28. The van der Waals surface area contributed by atoms with Crippen molar-refractivity contribution in [1.29, 1.82) is 0 Å². The van der Waals surface area contributed by atoms with Crippen molar-refractivity contribution in [3.05, 3.63) is 29.3 Å². The van der Waals surface area contributed by atoms with E-state index in [1.54, 1.807) is 23.1 Å². The predicted octanol–water partition coefficient (Wildman–Crippen LogP) is 2.81. The minimum atomic E-state index is -0.495. The van der Waals surface area contributed by atoms with E-state index >= 15 is 0 Å². The number of para-hydroxylation sites is 1. The average Bonchev–Trinajstić information content (AvgIpc) is 2.93. The van der Waals surface area contributed by atoms with E-state index in [1.165, 1.54) is 4.70 Å². The topological polar surface area (TPSA) is 68.0 Å². The Morgan fingerprint density at radius 1 is 1.45 bits per heavy atom. The van der Waals surface area contributed by atoms with Gasteiger partial charge in [-0.25, -0.2) is 4.98 Å². The highest BCUT2D eigenvalue weighted by molar-refractivity contribution is 8.00. The lowest BCUT2D eigenvalue weighted by molar-refractivity contribution is -0.122. The second-order valence-electron chi connectivity index (χ2n) is 5.76. The number of amides is 1. The molecule has 1 amide bonds. The minimum Gasteiger partial charge on any atom is -0.355 e. The van der Waals surface area contributed by atoms with Crippen LogP contribution >= 0.6 is 23.1 Å². The molecule has 0 spiro atoms. The van der Waals surface area contributed by atoms with Gasteiger partial charge < -0.3 is 11.1 Å². The number of nitrogens with two attached hydrogens (primary N) is 1. The number of aromatic nitrogens is 1. The van der Waals surface area contributed by atoms with Gasteiger partial charge in [-0.05, 0) is 38.7 Å². The third kappa shape index (κ3) is 4.21. The van der Waals surface area contributed by atoms with Crippen LogP contribution in [-0.2, 0) is 11.2 Å². The summed E-state index contributed by atoms with van der Waals surface area (Å²) in [7, 11) is 0. The summed E-state index contributed by atoms with van der Waals surface area (Å²) in [6.07, 6.45) is 3.72. The second-order valence-corrected chi connectivity index (χ2v) is 8.33. The molecule has 0 fully saturated rings. The van der Waals surface area contributed by atoms with Gasteiger partial charge in [0.05, 0.1) is 21.3 Å². The lowest BCUT2D eigenvalue weighted by atomic mass is 10.0. The highest BCUT2D eigenvalue weighted by atomic mass is 32.2. The van der Waals surface area contributed by atoms with Crippen LogP contribution in [0.15, 0.2) is 24.3 Å². The first-order valence-electron chi connectivity index (χ1n) is 7.37. The molecule has 0 aliphatic carbocycles. The number of nitrogens with zero attached hydrogens (tertiary/aromatic N) is 1. The van der Waals surface area contributed by atoms with Gasteiger partial charge in [0.1, 0.15) is 0 Å². The fraction of sp³-hybridized carbons (Fsp3) is 0.500. The molecule has 3 N–H and O–H groups in total. The predicted molar refractivity (Wildman–Crippen MR) is 96.5 cm³/mol. The number of hydrogen-bond acceptors (Lipinski definition) is 5. The van der Waals surface area contributed by atoms with Gasteiger partial charge in [0.15, 0.2) is 0 Å². The van der Waals surface area contributed by atoms with Crippen LogP contribution in [0.4, 0.5) is 0 Å². The molecule has 1 aromatic carbocycles.